The Hall–Kier alpha value is -2.16. The Labute approximate surface area is 233 Å². The quantitative estimate of drug-likeness (QED) is 0.280. The van der Waals surface area contributed by atoms with E-state index in [1.54, 1.807) is 4.90 Å². The highest BCUT2D eigenvalue weighted by Crippen LogP contribution is 2.42. The van der Waals surface area contributed by atoms with E-state index < -0.39 is 17.8 Å². The van der Waals surface area contributed by atoms with Crippen molar-refractivity contribution in [1.82, 2.24) is 0 Å². The minimum atomic E-state index is -0.549. The number of ether oxygens (including phenoxy) is 4. The van der Waals surface area contributed by atoms with E-state index in [4.69, 9.17) is 18.9 Å². The second-order valence-electron chi connectivity index (χ2n) is 10.4. The van der Waals surface area contributed by atoms with E-state index in [2.05, 4.69) is 19.6 Å². The van der Waals surface area contributed by atoms with Crippen molar-refractivity contribution in [1.29, 1.82) is 0 Å². The molecular weight excluding hydrogens is 502 g/mol. The summed E-state index contributed by atoms with van der Waals surface area (Å²) >= 11 is 1.34. The maximum absolute atomic E-state index is 13.5. The van der Waals surface area contributed by atoms with Crippen molar-refractivity contribution in [3.8, 4) is 0 Å². The van der Waals surface area contributed by atoms with E-state index in [0.717, 1.165) is 24.1 Å². The molecule has 2 heterocycles. The van der Waals surface area contributed by atoms with Crippen LogP contribution in [0.15, 0.2) is 29.9 Å². The standard InChI is InChI=1S/C24H33NO6S.C4H8.C2H6/c1-15-5-7-19(8-6-15)30-23(27)25(20-13-17(3)32-21(20)22(26)28-4)18-9-11-24(12-10-18)29-14-16(2)31-24;1-4(2)3;1-2/h5,13,16,18-19H,6-12,14H2,1-4H3;1H2,2-3H3;1-2H3. The number of carbonyl (C=O) groups excluding carboxylic acids is 2. The Balaban J connectivity index is 0.000000773. The summed E-state index contributed by atoms with van der Waals surface area (Å²) in [7, 11) is 1.36. The molecule has 1 saturated carbocycles. The molecule has 3 aliphatic rings. The molecule has 0 bridgehead atoms. The van der Waals surface area contributed by atoms with Gasteiger partial charge in [0.15, 0.2) is 5.79 Å². The third-order valence-corrected chi connectivity index (χ3v) is 7.62. The highest BCUT2D eigenvalue weighted by atomic mass is 32.1. The van der Waals surface area contributed by atoms with Crippen LogP contribution in [0.25, 0.3) is 0 Å². The van der Waals surface area contributed by atoms with Crippen LogP contribution in [0.1, 0.15) is 101 Å². The molecule has 214 valence electrons. The van der Waals surface area contributed by atoms with Gasteiger partial charge in [0.05, 0.1) is 25.5 Å². The van der Waals surface area contributed by atoms with Gasteiger partial charge in [0.25, 0.3) is 0 Å². The van der Waals surface area contributed by atoms with Gasteiger partial charge in [0, 0.05) is 30.2 Å². The van der Waals surface area contributed by atoms with Gasteiger partial charge >= 0.3 is 12.1 Å². The SMILES string of the molecule is C=C(C)C.CC.COC(=O)c1sc(C)cc1N(C(=O)OC1CC=C(C)CC1)C1CCC2(CC1)OCC(C)O2. The molecule has 2 aliphatic carbocycles. The zero-order chi connectivity index (χ0) is 28.5. The number of hydrogen-bond donors (Lipinski definition) is 0. The Morgan fingerprint density at radius 3 is 2.29 bits per heavy atom. The molecule has 8 heteroatoms. The third-order valence-electron chi connectivity index (χ3n) is 6.60. The van der Waals surface area contributed by atoms with Gasteiger partial charge in [-0.3, -0.25) is 4.90 Å². The summed E-state index contributed by atoms with van der Waals surface area (Å²) in [5.74, 6) is -0.983. The summed E-state index contributed by atoms with van der Waals surface area (Å²) in [6.07, 6.45) is 6.99. The number of thiophene rings is 1. The first kappa shape index (κ1) is 32.1. The van der Waals surface area contributed by atoms with E-state index in [1.165, 1.54) is 29.6 Å². The van der Waals surface area contributed by atoms with Gasteiger partial charge in [-0.25, -0.2) is 9.59 Å². The number of allylic oxidation sites excluding steroid dienone is 2. The summed E-state index contributed by atoms with van der Waals surface area (Å²) in [4.78, 5) is 29.1. The Kier molecular flexibility index (Phi) is 12.5. The molecule has 1 spiro atoms. The molecule has 0 aromatic carbocycles. The Morgan fingerprint density at radius 2 is 1.79 bits per heavy atom. The van der Waals surface area contributed by atoms with Crippen molar-refractivity contribution in [2.24, 2.45) is 0 Å². The highest BCUT2D eigenvalue weighted by molar-refractivity contribution is 7.14. The van der Waals surface area contributed by atoms with Gasteiger partial charge in [-0.1, -0.05) is 31.1 Å². The van der Waals surface area contributed by atoms with Crippen LogP contribution in [0.2, 0.25) is 0 Å². The summed E-state index contributed by atoms with van der Waals surface area (Å²) in [6.45, 7) is 18.1. The lowest BCUT2D eigenvalue weighted by Gasteiger charge is -2.40. The van der Waals surface area contributed by atoms with Crippen LogP contribution in [-0.4, -0.2) is 49.8 Å². The van der Waals surface area contributed by atoms with Crippen LogP contribution in [0.3, 0.4) is 0 Å². The zero-order valence-corrected chi connectivity index (χ0v) is 25.4. The van der Waals surface area contributed by atoms with Crippen LogP contribution in [0.4, 0.5) is 10.5 Å². The van der Waals surface area contributed by atoms with E-state index in [9.17, 15) is 9.59 Å². The molecule has 1 saturated heterocycles. The van der Waals surface area contributed by atoms with Crippen molar-refractivity contribution in [2.45, 2.75) is 117 Å². The summed E-state index contributed by atoms with van der Waals surface area (Å²) in [6, 6.07) is 1.78. The van der Waals surface area contributed by atoms with Gasteiger partial charge in [-0.15, -0.1) is 17.9 Å². The maximum atomic E-state index is 13.5. The molecule has 2 fully saturated rings. The zero-order valence-electron chi connectivity index (χ0n) is 24.6. The molecule has 4 rings (SSSR count). The van der Waals surface area contributed by atoms with Crippen LogP contribution in [0, 0.1) is 6.92 Å². The maximum Gasteiger partial charge on any atom is 0.414 e. The average Bonchev–Trinajstić information content (AvgIpc) is 3.44. The molecule has 7 nitrogen and oxygen atoms in total. The predicted molar refractivity (Wildman–Crippen MR) is 154 cm³/mol. The summed E-state index contributed by atoms with van der Waals surface area (Å²) in [5, 5.41) is 0. The fourth-order valence-corrected chi connectivity index (χ4v) is 5.80. The molecular formula is C30H47NO6S. The number of carbonyl (C=O) groups is 2. The number of nitrogens with zero attached hydrogens (tertiary/aromatic N) is 1. The predicted octanol–water partition coefficient (Wildman–Crippen LogP) is 7.97. The second-order valence-corrected chi connectivity index (χ2v) is 11.6. The Bertz CT molecular complexity index is 971. The molecule has 1 aromatic rings. The summed E-state index contributed by atoms with van der Waals surface area (Å²) in [5.41, 5.74) is 3.08. The van der Waals surface area contributed by atoms with Crippen LogP contribution in [0.5, 0.6) is 0 Å². The average molecular weight is 550 g/mol. The van der Waals surface area contributed by atoms with Gasteiger partial charge in [-0.2, -0.15) is 0 Å². The number of hydrogen-bond acceptors (Lipinski definition) is 7. The molecule has 2 atom stereocenters. The first-order chi connectivity index (χ1) is 18.0. The van der Waals surface area contributed by atoms with Crippen LogP contribution in [-0.2, 0) is 18.9 Å². The molecule has 0 radical (unpaired) electrons. The van der Waals surface area contributed by atoms with Crippen molar-refractivity contribution >= 4 is 29.1 Å². The molecule has 1 amide bonds. The fraction of sp³-hybridized carbons (Fsp3) is 0.667. The lowest BCUT2D eigenvalue weighted by atomic mass is 9.89. The molecule has 0 N–H and O–H groups in total. The number of rotatable bonds is 4. The van der Waals surface area contributed by atoms with Crippen molar-refractivity contribution in [3.05, 3.63) is 39.6 Å². The summed E-state index contributed by atoms with van der Waals surface area (Å²) < 4.78 is 23.0. The van der Waals surface area contributed by atoms with Gasteiger partial charge in [-0.05, 0) is 66.4 Å². The number of anilines is 1. The minimum absolute atomic E-state index is 0.0841. The Morgan fingerprint density at radius 1 is 1.16 bits per heavy atom. The minimum Gasteiger partial charge on any atom is -0.465 e. The smallest absolute Gasteiger partial charge is 0.414 e. The topological polar surface area (TPSA) is 74.3 Å². The normalized spacial score (nSPS) is 26.2. The number of aryl methyl sites for hydroxylation is 1. The largest absolute Gasteiger partial charge is 0.465 e. The van der Waals surface area contributed by atoms with Crippen LogP contribution < -0.4 is 4.90 Å². The van der Waals surface area contributed by atoms with E-state index in [-0.39, 0.29) is 18.2 Å². The lowest BCUT2D eigenvalue weighted by Crippen LogP contribution is -2.48. The van der Waals surface area contributed by atoms with Crippen molar-refractivity contribution in [3.63, 3.8) is 0 Å². The third kappa shape index (κ3) is 8.68. The molecule has 38 heavy (non-hydrogen) atoms. The van der Waals surface area contributed by atoms with Crippen molar-refractivity contribution < 1.29 is 28.5 Å². The van der Waals surface area contributed by atoms with Gasteiger partial charge in [0.1, 0.15) is 11.0 Å². The first-order valence-electron chi connectivity index (χ1n) is 13.8. The van der Waals surface area contributed by atoms with E-state index >= 15 is 0 Å². The molecule has 1 aliphatic heterocycles. The fourth-order valence-electron chi connectivity index (χ4n) is 4.88. The van der Waals surface area contributed by atoms with E-state index in [1.807, 2.05) is 47.6 Å². The number of amides is 1. The first-order valence-corrected chi connectivity index (χ1v) is 14.6. The monoisotopic (exact) mass is 549 g/mol. The second kappa shape index (κ2) is 14.8. The van der Waals surface area contributed by atoms with Crippen LogP contribution >= 0.6 is 11.3 Å². The number of esters is 1. The van der Waals surface area contributed by atoms with Gasteiger partial charge < -0.3 is 18.9 Å². The number of methoxy groups -OCH3 is 1. The van der Waals surface area contributed by atoms with Crippen molar-refractivity contribution in [2.75, 3.05) is 18.6 Å². The lowest BCUT2D eigenvalue weighted by molar-refractivity contribution is -0.187. The molecule has 1 aromatic heterocycles. The van der Waals surface area contributed by atoms with Gasteiger partial charge in [0.2, 0.25) is 0 Å². The van der Waals surface area contributed by atoms with E-state index in [0.29, 0.717) is 42.9 Å². The molecule has 2 unspecified atom stereocenters. The highest BCUT2D eigenvalue weighted by Gasteiger charge is 2.45.